The molecular formula is C7H10ClN3. The van der Waals surface area contributed by atoms with Crippen molar-refractivity contribution < 1.29 is 0 Å². The highest BCUT2D eigenvalue weighted by atomic mass is 35.5. The third-order valence-corrected chi connectivity index (χ3v) is 1.72. The van der Waals surface area contributed by atoms with E-state index in [4.69, 9.17) is 0 Å². The van der Waals surface area contributed by atoms with Gasteiger partial charge in [-0.15, -0.1) is 12.4 Å². The minimum absolute atomic E-state index is 0. The molecule has 0 bridgehead atoms. The first-order valence-electron chi connectivity index (χ1n) is 3.47. The molecule has 2 rings (SSSR count). The van der Waals surface area contributed by atoms with Gasteiger partial charge in [0.1, 0.15) is 5.82 Å². The van der Waals surface area contributed by atoms with Gasteiger partial charge in [-0.1, -0.05) is 0 Å². The van der Waals surface area contributed by atoms with E-state index < -0.39 is 0 Å². The third-order valence-electron chi connectivity index (χ3n) is 1.72. The number of aromatic nitrogens is 2. The van der Waals surface area contributed by atoms with Gasteiger partial charge in [-0.2, -0.15) is 0 Å². The minimum Gasteiger partial charge on any atom is -0.307 e. The van der Waals surface area contributed by atoms with E-state index in [1.165, 1.54) is 6.42 Å². The van der Waals surface area contributed by atoms with Crippen LogP contribution in [0.1, 0.15) is 18.3 Å². The number of nitrogens with zero attached hydrogens (tertiary/aromatic N) is 2. The molecule has 1 saturated heterocycles. The number of hydrogen-bond acceptors (Lipinski definition) is 3. The molecule has 1 aromatic heterocycles. The normalized spacial score (nSPS) is 21.6. The molecule has 11 heavy (non-hydrogen) atoms. The molecule has 1 atom stereocenters. The number of hydrogen-bond donors (Lipinski definition) is 1. The summed E-state index contributed by atoms with van der Waals surface area (Å²) in [4.78, 5) is 8.25. The van der Waals surface area contributed by atoms with Gasteiger partial charge < -0.3 is 5.32 Å². The Morgan fingerprint density at radius 3 is 2.45 bits per heavy atom. The largest absolute Gasteiger partial charge is 0.307 e. The summed E-state index contributed by atoms with van der Waals surface area (Å²) in [6, 6.07) is 2.25. The molecule has 1 unspecified atom stereocenters. The summed E-state index contributed by atoms with van der Waals surface area (Å²) < 4.78 is 0. The lowest BCUT2D eigenvalue weighted by molar-refractivity contribution is 0.366. The van der Waals surface area contributed by atoms with Crippen LogP contribution < -0.4 is 5.32 Å². The van der Waals surface area contributed by atoms with Crippen LogP contribution in [0, 0.1) is 0 Å². The van der Waals surface area contributed by atoms with Crippen LogP contribution in [0.2, 0.25) is 0 Å². The Morgan fingerprint density at radius 1 is 1.36 bits per heavy atom. The smallest absolute Gasteiger partial charge is 0.145 e. The van der Waals surface area contributed by atoms with Crippen molar-refractivity contribution in [2.24, 2.45) is 0 Å². The van der Waals surface area contributed by atoms with Gasteiger partial charge >= 0.3 is 0 Å². The zero-order chi connectivity index (χ0) is 6.81. The Kier molecular flexibility index (Phi) is 2.79. The van der Waals surface area contributed by atoms with Gasteiger partial charge in [0.15, 0.2) is 0 Å². The van der Waals surface area contributed by atoms with E-state index in [0.29, 0.717) is 6.04 Å². The van der Waals surface area contributed by atoms with Crippen LogP contribution in [-0.2, 0) is 0 Å². The van der Waals surface area contributed by atoms with Gasteiger partial charge in [-0.3, -0.25) is 0 Å². The van der Waals surface area contributed by atoms with Gasteiger partial charge in [0.25, 0.3) is 0 Å². The highest BCUT2D eigenvalue weighted by Crippen LogP contribution is 2.17. The fourth-order valence-corrected chi connectivity index (χ4v) is 1.000. The van der Waals surface area contributed by atoms with Crippen molar-refractivity contribution in [1.82, 2.24) is 15.3 Å². The second kappa shape index (κ2) is 3.64. The second-order valence-corrected chi connectivity index (χ2v) is 2.40. The molecule has 4 heteroatoms. The van der Waals surface area contributed by atoms with Crippen LogP contribution in [0.5, 0.6) is 0 Å². The van der Waals surface area contributed by atoms with Gasteiger partial charge in [0.2, 0.25) is 0 Å². The van der Waals surface area contributed by atoms with Gasteiger partial charge in [0.05, 0.1) is 6.04 Å². The highest BCUT2D eigenvalue weighted by molar-refractivity contribution is 5.85. The van der Waals surface area contributed by atoms with E-state index in [0.717, 1.165) is 12.4 Å². The maximum absolute atomic E-state index is 4.13. The zero-order valence-corrected chi connectivity index (χ0v) is 6.84. The SMILES string of the molecule is Cl.c1cnc(C2CCN2)nc1. The van der Waals surface area contributed by atoms with Crippen molar-refractivity contribution in [3.05, 3.63) is 24.3 Å². The van der Waals surface area contributed by atoms with Crippen LogP contribution in [0.4, 0.5) is 0 Å². The highest BCUT2D eigenvalue weighted by Gasteiger charge is 2.19. The fourth-order valence-electron chi connectivity index (χ4n) is 1.000. The quantitative estimate of drug-likeness (QED) is 0.683. The number of halogens is 1. The molecule has 1 aliphatic rings. The maximum Gasteiger partial charge on any atom is 0.145 e. The van der Waals surface area contributed by atoms with Crippen LogP contribution >= 0.6 is 12.4 Å². The molecule has 0 saturated carbocycles. The van der Waals surface area contributed by atoms with E-state index in [9.17, 15) is 0 Å². The number of nitrogens with one attached hydrogen (secondary N) is 1. The van der Waals surface area contributed by atoms with Crippen molar-refractivity contribution in [2.45, 2.75) is 12.5 Å². The van der Waals surface area contributed by atoms with Crippen LogP contribution in [0.25, 0.3) is 0 Å². The van der Waals surface area contributed by atoms with E-state index in [1.807, 2.05) is 6.07 Å². The molecule has 2 heterocycles. The molecule has 1 aliphatic heterocycles. The van der Waals surface area contributed by atoms with Crippen molar-refractivity contribution in [3.63, 3.8) is 0 Å². The van der Waals surface area contributed by atoms with Crippen molar-refractivity contribution in [1.29, 1.82) is 0 Å². The molecule has 0 radical (unpaired) electrons. The van der Waals surface area contributed by atoms with E-state index in [1.54, 1.807) is 12.4 Å². The average molecular weight is 172 g/mol. The molecule has 0 aliphatic carbocycles. The van der Waals surface area contributed by atoms with Crippen LogP contribution in [-0.4, -0.2) is 16.5 Å². The summed E-state index contributed by atoms with van der Waals surface area (Å²) in [6.07, 6.45) is 4.73. The monoisotopic (exact) mass is 171 g/mol. The van der Waals surface area contributed by atoms with Gasteiger partial charge in [-0.05, 0) is 19.0 Å². The van der Waals surface area contributed by atoms with E-state index in [-0.39, 0.29) is 12.4 Å². The van der Waals surface area contributed by atoms with Crippen LogP contribution in [0.3, 0.4) is 0 Å². The maximum atomic E-state index is 4.13. The molecule has 1 aromatic rings. The van der Waals surface area contributed by atoms with Crippen molar-refractivity contribution >= 4 is 12.4 Å². The first-order valence-corrected chi connectivity index (χ1v) is 3.47. The Hall–Kier alpha value is -0.670. The molecule has 0 spiro atoms. The minimum atomic E-state index is 0. The van der Waals surface area contributed by atoms with Gasteiger partial charge in [0, 0.05) is 12.4 Å². The van der Waals surface area contributed by atoms with Crippen molar-refractivity contribution in [3.8, 4) is 0 Å². The topological polar surface area (TPSA) is 37.8 Å². The molecule has 0 aromatic carbocycles. The summed E-state index contributed by atoms with van der Waals surface area (Å²) in [5.41, 5.74) is 0. The molecule has 0 amide bonds. The van der Waals surface area contributed by atoms with Gasteiger partial charge in [-0.25, -0.2) is 9.97 Å². The Morgan fingerprint density at radius 2 is 2.00 bits per heavy atom. The summed E-state index contributed by atoms with van der Waals surface area (Å²) >= 11 is 0. The predicted molar refractivity (Wildman–Crippen MR) is 44.6 cm³/mol. The third kappa shape index (κ3) is 1.67. The van der Waals surface area contributed by atoms with E-state index in [2.05, 4.69) is 15.3 Å². The lowest BCUT2D eigenvalue weighted by atomic mass is 10.1. The summed E-state index contributed by atoms with van der Waals surface area (Å²) in [5.74, 6) is 0.925. The first kappa shape index (κ1) is 8.43. The standard InChI is InChI=1S/C7H9N3.ClH/c1-3-9-7(10-4-1)6-2-5-8-6;/h1,3-4,6,8H,2,5H2;1H. The molecule has 3 nitrogen and oxygen atoms in total. The molecule has 1 N–H and O–H groups in total. The Balaban J connectivity index is 0.000000605. The molecular weight excluding hydrogens is 162 g/mol. The molecule has 1 fully saturated rings. The Labute approximate surface area is 71.7 Å². The van der Waals surface area contributed by atoms with Crippen LogP contribution in [0.15, 0.2) is 18.5 Å². The first-order chi connectivity index (χ1) is 4.97. The zero-order valence-electron chi connectivity index (χ0n) is 6.03. The summed E-state index contributed by atoms with van der Waals surface area (Å²) in [7, 11) is 0. The predicted octanol–water partition coefficient (Wildman–Crippen LogP) is 0.933. The van der Waals surface area contributed by atoms with Crippen molar-refractivity contribution in [2.75, 3.05) is 6.54 Å². The summed E-state index contributed by atoms with van der Waals surface area (Å²) in [6.45, 7) is 1.10. The number of rotatable bonds is 1. The Bertz CT molecular complexity index is 210. The summed E-state index contributed by atoms with van der Waals surface area (Å²) in [5, 5.41) is 3.24. The fraction of sp³-hybridized carbons (Fsp3) is 0.429. The van der Waals surface area contributed by atoms with E-state index >= 15 is 0 Å². The lowest BCUT2D eigenvalue weighted by Gasteiger charge is -2.25. The lowest BCUT2D eigenvalue weighted by Crippen LogP contribution is -2.36. The molecule has 60 valence electrons. The average Bonchev–Trinajstić information content (AvgIpc) is 1.86. The second-order valence-electron chi connectivity index (χ2n) is 2.40.